The highest BCUT2D eigenvalue weighted by Crippen LogP contribution is 2.33. The van der Waals surface area contributed by atoms with Gasteiger partial charge in [-0.1, -0.05) is 48.0 Å². The third-order valence-electron chi connectivity index (χ3n) is 5.52. The maximum atomic E-state index is 13.0. The highest BCUT2D eigenvalue weighted by atomic mass is 16.2. The molecule has 0 radical (unpaired) electrons. The molecule has 4 nitrogen and oxygen atoms in total. The van der Waals surface area contributed by atoms with Crippen LogP contribution in [0.4, 0.5) is 5.69 Å². The number of anilines is 1. The van der Waals surface area contributed by atoms with Gasteiger partial charge in [0.25, 0.3) is 0 Å². The van der Waals surface area contributed by atoms with E-state index in [1.165, 1.54) is 5.56 Å². The molecule has 142 valence electrons. The minimum Gasteiger partial charge on any atom is -0.341 e. The molecule has 0 saturated carbocycles. The number of nitrogens with zero attached hydrogens (tertiary/aromatic N) is 1. The van der Waals surface area contributed by atoms with Gasteiger partial charge in [0.1, 0.15) is 0 Å². The van der Waals surface area contributed by atoms with Gasteiger partial charge in [0.05, 0.1) is 11.6 Å². The van der Waals surface area contributed by atoms with Gasteiger partial charge < -0.3 is 9.88 Å². The summed E-state index contributed by atoms with van der Waals surface area (Å²) in [5, 5.41) is 3.12. The first-order chi connectivity index (χ1) is 13.5. The average Bonchev–Trinajstić information content (AvgIpc) is 3.26. The molecule has 4 heteroatoms. The van der Waals surface area contributed by atoms with E-state index in [-0.39, 0.29) is 17.6 Å². The minimum absolute atomic E-state index is 0.00173. The Morgan fingerprint density at radius 2 is 1.64 bits per heavy atom. The lowest BCUT2D eigenvalue weighted by Crippen LogP contribution is -2.20. The van der Waals surface area contributed by atoms with Crippen LogP contribution in [0.2, 0.25) is 0 Å². The molecule has 4 rings (SSSR count). The predicted molar refractivity (Wildman–Crippen MR) is 111 cm³/mol. The van der Waals surface area contributed by atoms with Crippen LogP contribution in [0.25, 0.3) is 0 Å². The summed E-state index contributed by atoms with van der Waals surface area (Å²) in [5.41, 5.74) is 6.45. The Kier molecular flexibility index (Phi) is 4.63. The first-order valence-electron chi connectivity index (χ1n) is 9.63. The Morgan fingerprint density at radius 3 is 2.32 bits per heavy atom. The van der Waals surface area contributed by atoms with Gasteiger partial charge in [0.15, 0.2) is 0 Å². The van der Waals surface area contributed by atoms with Crippen molar-refractivity contribution in [2.24, 2.45) is 0 Å². The van der Waals surface area contributed by atoms with E-state index in [2.05, 4.69) is 24.4 Å². The number of nitrogens with one attached hydrogen (secondary N) is 1. The second-order valence-corrected chi connectivity index (χ2v) is 7.59. The summed E-state index contributed by atoms with van der Waals surface area (Å²) < 4.78 is 1.99. The number of fused-ring (bicyclic) bond motifs is 1. The van der Waals surface area contributed by atoms with Crippen LogP contribution in [0, 0.1) is 20.8 Å². The van der Waals surface area contributed by atoms with Crippen LogP contribution in [0.15, 0.2) is 54.6 Å². The molecule has 28 heavy (non-hydrogen) atoms. The smallest absolute Gasteiger partial charge is 0.233 e. The number of hydrogen-bond acceptors (Lipinski definition) is 2. The molecule has 1 aliphatic rings. The van der Waals surface area contributed by atoms with Crippen molar-refractivity contribution in [3.63, 3.8) is 0 Å². The van der Waals surface area contributed by atoms with Crippen molar-refractivity contribution in [1.29, 1.82) is 0 Å². The lowest BCUT2D eigenvalue weighted by molar-refractivity contribution is -0.117. The molecule has 2 aromatic carbocycles. The summed E-state index contributed by atoms with van der Waals surface area (Å²) >= 11 is 0. The van der Waals surface area contributed by atoms with E-state index in [1.807, 2.05) is 60.9 Å². The largest absolute Gasteiger partial charge is 0.341 e. The van der Waals surface area contributed by atoms with E-state index in [4.69, 9.17) is 0 Å². The number of hydrogen-bond donors (Lipinski definition) is 1. The van der Waals surface area contributed by atoms with Crippen LogP contribution in [0.1, 0.15) is 50.8 Å². The molecular formula is C24H24N2O2. The van der Waals surface area contributed by atoms with Crippen LogP contribution >= 0.6 is 0 Å². The van der Waals surface area contributed by atoms with Gasteiger partial charge in [-0.3, -0.25) is 9.59 Å². The molecular weight excluding hydrogens is 348 g/mol. The molecule has 1 aliphatic heterocycles. The molecule has 0 aliphatic carbocycles. The summed E-state index contributed by atoms with van der Waals surface area (Å²) in [6.45, 7) is 6.77. The SMILES string of the molecule is Cc1cc(C)c(NC(=O)[C@@H]2CCn3c(C(=O)c4ccccc4)ccc32)c(C)c1. The fourth-order valence-corrected chi connectivity index (χ4v) is 4.23. The van der Waals surface area contributed by atoms with Crippen molar-refractivity contribution in [3.05, 3.63) is 88.2 Å². The van der Waals surface area contributed by atoms with Crippen LogP contribution < -0.4 is 5.32 Å². The average molecular weight is 372 g/mol. The Balaban J connectivity index is 1.58. The van der Waals surface area contributed by atoms with Crippen molar-refractivity contribution >= 4 is 17.4 Å². The van der Waals surface area contributed by atoms with E-state index in [9.17, 15) is 9.59 Å². The molecule has 2 heterocycles. The molecule has 1 aromatic heterocycles. The maximum Gasteiger partial charge on any atom is 0.233 e. The molecule has 0 spiro atoms. The standard InChI is InChI=1S/C24H24N2O2/c1-15-13-16(2)22(17(3)14-15)25-24(28)19-11-12-26-20(19)9-10-21(26)23(27)18-7-5-4-6-8-18/h4-10,13-14,19H,11-12H2,1-3H3,(H,25,28)/t19-/m1/s1. The molecule has 3 aromatic rings. The maximum absolute atomic E-state index is 13.0. The van der Waals surface area contributed by atoms with Gasteiger partial charge in [-0.2, -0.15) is 0 Å². The van der Waals surface area contributed by atoms with Crippen LogP contribution in [-0.4, -0.2) is 16.3 Å². The minimum atomic E-state index is -0.238. The Bertz CT molecular complexity index is 1040. The van der Waals surface area contributed by atoms with E-state index >= 15 is 0 Å². The quantitative estimate of drug-likeness (QED) is 0.671. The van der Waals surface area contributed by atoms with Crippen LogP contribution in [-0.2, 0) is 11.3 Å². The predicted octanol–water partition coefficient (Wildman–Crippen LogP) is 4.77. The van der Waals surface area contributed by atoms with Crippen molar-refractivity contribution in [1.82, 2.24) is 4.57 Å². The van der Waals surface area contributed by atoms with E-state index in [0.29, 0.717) is 24.2 Å². The van der Waals surface area contributed by atoms with Gasteiger partial charge >= 0.3 is 0 Å². The second kappa shape index (κ2) is 7.12. The number of carbonyl (C=O) groups excluding carboxylic acids is 2. The van der Waals surface area contributed by atoms with Gasteiger partial charge in [-0.05, 0) is 50.5 Å². The number of ketones is 1. The van der Waals surface area contributed by atoms with Crippen molar-refractivity contribution < 1.29 is 9.59 Å². The highest BCUT2D eigenvalue weighted by molar-refractivity contribution is 6.08. The van der Waals surface area contributed by atoms with E-state index in [1.54, 1.807) is 0 Å². The monoisotopic (exact) mass is 372 g/mol. The molecule has 1 atom stereocenters. The second-order valence-electron chi connectivity index (χ2n) is 7.59. The zero-order valence-electron chi connectivity index (χ0n) is 16.5. The summed E-state index contributed by atoms with van der Waals surface area (Å²) in [6, 6.07) is 17.2. The summed E-state index contributed by atoms with van der Waals surface area (Å²) in [6.07, 6.45) is 0.709. The Morgan fingerprint density at radius 1 is 0.964 bits per heavy atom. The number of benzene rings is 2. The fraction of sp³-hybridized carbons (Fsp3) is 0.250. The van der Waals surface area contributed by atoms with E-state index in [0.717, 1.165) is 22.5 Å². The summed E-state index contributed by atoms with van der Waals surface area (Å²) in [4.78, 5) is 25.8. The molecule has 0 fully saturated rings. The number of aryl methyl sites for hydroxylation is 3. The first-order valence-corrected chi connectivity index (χ1v) is 9.63. The van der Waals surface area contributed by atoms with Gasteiger partial charge in [0, 0.05) is 23.5 Å². The third-order valence-corrected chi connectivity index (χ3v) is 5.52. The summed E-state index contributed by atoms with van der Waals surface area (Å²) in [7, 11) is 0. The zero-order chi connectivity index (χ0) is 19.8. The first kappa shape index (κ1) is 18.2. The molecule has 0 saturated heterocycles. The lowest BCUT2D eigenvalue weighted by Gasteiger charge is -2.15. The fourth-order valence-electron chi connectivity index (χ4n) is 4.23. The molecule has 0 unspecified atom stereocenters. The number of carbonyl (C=O) groups is 2. The molecule has 0 bridgehead atoms. The number of rotatable bonds is 4. The van der Waals surface area contributed by atoms with E-state index < -0.39 is 0 Å². The Labute approximate surface area is 165 Å². The van der Waals surface area contributed by atoms with Gasteiger partial charge in [-0.15, -0.1) is 0 Å². The highest BCUT2D eigenvalue weighted by Gasteiger charge is 2.32. The lowest BCUT2D eigenvalue weighted by atomic mass is 10.0. The van der Waals surface area contributed by atoms with Crippen molar-refractivity contribution in [3.8, 4) is 0 Å². The van der Waals surface area contributed by atoms with Crippen molar-refractivity contribution in [2.75, 3.05) is 5.32 Å². The topological polar surface area (TPSA) is 51.1 Å². The molecule has 1 N–H and O–H groups in total. The molecule has 1 amide bonds. The van der Waals surface area contributed by atoms with Gasteiger partial charge in [-0.25, -0.2) is 0 Å². The number of aromatic nitrogens is 1. The third kappa shape index (κ3) is 3.15. The summed E-state index contributed by atoms with van der Waals surface area (Å²) in [5.74, 6) is -0.249. The Hall–Kier alpha value is -3.14. The van der Waals surface area contributed by atoms with Crippen LogP contribution in [0.3, 0.4) is 0 Å². The zero-order valence-corrected chi connectivity index (χ0v) is 16.5. The van der Waals surface area contributed by atoms with Crippen LogP contribution in [0.5, 0.6) is 0 Å². The normalized spacial score (nSPS) is 15.3. The van der Waals surface area contributed by atoms with Crippen molar-refractivity contribution in [2.45, 2.75) is 39.7 Å². The number of amides is 1. The van der Waals surface area contributed by atoms with Gasteiger partial charge in [0.2, 0.25) is 11.7 Å².